The van der Waals surface area contributed by atoms with Gasteiger partial charge in [0.15, 0.2) is 0 Å². The Morgan fingerprint density at radius 1 is 0.385 bits per heavy atom. The first-order valence-corrected chi connectivity index (χ1v) is 39.4. The van der Waals surface area contributed by atoms with E-state index in [1.165, 1.54) is 283 Å². The van der Waals surface area contributed by atoms with E-state index < -0.39 is 0 Å². The maximum absolute atomic E-state index is 11.6. The molecule has 2 aliphatic heterocycles. The maximum Gasteiger partial charge on any atom is 0.330 e. The largest absolute Gasteiger partial charge is 0.469 e. The van der Waals surface area contributed by atoms with Gasteiger partial charge >= 0.3 is 17.9 Å². The number of aliphatic hydroxyl groups is 2. The SMILES string of the molecule is C=CC(=O)OCCCCCCCCC(CCCCCCCCC)OC(=O)C=C.CCCCCCCCC1OC1CCCCCCCC(=O)OC.CCCCCCCCC1OC1CCCCCCCCOC.CCCCCCCCCC(O)CCCCCCCCO. The van der Waals surface area contributed by atoms with Crippen LogP contribution in [0.4, 0.5) is 0 Å². The zero-order chi connectivity index (χ0) is 67.0. The third-order valence-corrected chi connectivity index (χ3v) is 18.2. The molecule has 540 valence electrons. The summed E-state index contributed by atoms with van der Waals surface area (Å²) in [6.45, 7) is 17.6. The zero-order valence-electron chi connectivity index (χ0n) is 61.2. The van der Waals surface area contributed by atoms with Crippen LogP contribution in [0.2, 0.25) is 0 Å². The average molecular weight is 1290 g/mol. The van der Waals surface area contributed by atoms with Crippen molar-refractivity contribution in [1.29, 1.82) is 0 Å². The molecule has 2 fully saturated rings. The molecule has 0 radical (unpaired) electrons. The number of epoxide rings is 2. The van der Waals surface area contributed by atoms with Gasteiger partial charge in [-0.3, -0.25) is 4.79 Å². The molecule has 0 bridgehead atoms. The minimum absolute atomic E-state index is 0.0273. The quantitative estimate of drug-likeness (QED) is 0.0197. The predicted molar refractivity (Wildman–Crippen MR) is 386 cm³/mol. The highest BCUT2D eigenvalue weighted by atomic mass is 16.6. The Balaban J connectivity index is 0. The number of hydrogen-bond acceptors (Lipinski definition) is 11. The van der Waals surface area contributed by atoms with Crippen molar-refractivity contribution in [2.24, 2.45) is 0 Å². The van der Waals surface area contributed by atoms with Crippen LogP contribution < -0.4 is 0 Å². The second-order valence-electron chi connectivity index (χ2n) is 27.0. The summed E-state index contributed by atoms with van der Waals surface area (Å²) < 4.78 is 31.7. The average Bonchev–Trinajstić information content (AvgIpc) is 2.41. The van der Waals surface area contributed by atoms with Crippen LogP contribution in [0.25, 0.3) is 0 Å². The van der Waals surface area contributed by atoms with Crippen molar-refractivity contribution in [1.82, 2.24) is 0 Å². The molecule has 11 heteroatoms. The van der Waals surface area contributed by atoms with E-state index in [1.54, 1.807) is 7.11 Å². The molecular weight excluding hydrogens is 1140 g/mol. The smallest absolute Gasteiger partial charge is 0.330 e. The van der Waals surface area contributed by atoms with Crippen LogP contribution in [0.5, 0.6) is 0 Å². The molecule has 2 aliphatic rings. The summed E-state index contributed by atoms with van der Waals surface area (Å²) in [6.07, 6.45) is 76.6. The lowest BCUT2D eigenvalue weighted by Crippen LogP contribution is -2.16. The Kier molecular flexibility index (Phi) is 74.9. The van der Waals surface area contributed by atoms with E-state index in [4.69, 9.17) is 28.8 Å². The topological polar surface area (TPSA) is 154 Å². The summed E-state index contributed by atoms with van der Waals surface area (Å²) in [5.41, 5.74) is 0. The van der Waals surface area contributed by atoms with Crippen LogP contribution in [0.1, 0.15) is 400 Å². The van der Waals surface area contributed by atoms with E-state index in [1.807, 2.05) is 0 Å². The fourth-order valence-corrected chi connectivity index (χ4v) is 12.1. The summed E-state index contributed by atoms with van der Waals surface area (Å²) in [7, 11) is 3.25. The van der Waals surface area contributed by atoms with E-state index in [0.29, 0.717) is 44.1 Å². The van der Waals surface area contributed by atoms with Crippen LogP contribution in [0.15, 0.2) is 25.3 Å². The van der Waals surface area contributed by atoms with Gasteiger partial charge in [0, 0.05) is 38.9 Å². The standard InChI is InChI=1S/C24H42O4.C19H36O3.C19H38O2.C18H38O2/c1-4-7-8-9-10-13-16-19-22(28-24(26)6-3)20-17-14-11-12-15-18-21-27-23(25)5-2;1-3-4-5-6-8-11-14-17-18(22-17)15-12-9-7-10-13-16-19(20)21-2;1-3-4-5-6-9-12-15-18-19(21-18)16-13-10-7-8-11-14-17-20-2;1-2-3-4-5-6-9-12-15-18(20)16-13-10-7-8-11-14-17-19/h5-6,22H,2-4,7-21H2,1H3;17-18H,3-16H2,1-2H3;18-19H,3-17H2,1-2H3;18-20H,2-17H2,1H3. The first kappa shape index (κ1) is 90.7. The van der Waals surface area contributed by atoms with Crippen LogP contribution in [0, 0.1) is 0 Å². The molecule has 11 nitrogen and oxygen atoms in total. The highest BCUT2D eigenvalue weighted by molar-refractivity contribution is 5.81. The van der Waals surface area contributed by atoms with Gasteiger partial charge in [-0.25, -0.2) is 9.59 Å². The number of aliphatic hydroxyl groups excluding tert-OH is 2. The van der Waals surface area contributed by atoms with Gasteiger partial charge in [-0.05, 0) is 89.9 Å². The Morgan fingerprint density at radius 2 is 0.681 bits per heavy atom. The fraction of sp³-hybridized carbons (Fsp3) is 0.912. The van der Waals surface area contributed by atoms with E-state index in [2.05, 4.69) is 45.6 Å². The molecular formula is C80H154O11. The number of unbranched alkanes of at least 4 members (excludes halogenated alkanes) is 41. The number of ether oxygens (including phenoxy) is 6. The Hall–Kier alpha value is -2.31. The van der Waals surface area contributed by atoms with Crippen molar-refractivity contribution in [2.75, 3.05) is 34.0 Å². The molecule has 2 saturated heterocycles. The second-order valence-corrected chi connectivity index (χ2v) is 27.0. The molecule has 0 amide bonds. The third-order valence-electron chi connectivity index (χ3n) is 18.2. The molecule has 6 unspecified atom stereocenters. The van der Waals surface area contributed by atoms with Crippen LogP contribution >= 0.6 is 0 Å². The predicted octanol–water partition coefficient (Wildman–Crippen LogP) is 23.2. The van der Waals surface area contributed by atoms with Gasteiger partial charge in [0.2, 0.25) is 0 Å². The fourth-order valence-electron chi connectivity index (χ4n) is 12.1. The minimum atomic E-state index is -0.346. The van der Waals surface area contributed by atoms with Crippen molar-refractivity contribution in [3.8, 4) is 0 Å². The molecule has 0 aliphatic carbocycles. The molecule has 91 heavy (non-hydrogen) atoms. The summed E-state index contributed by atoms with van der Waals surface area (Å²) in [5.74, 6) is -0.730. The first-order valence-electron chi connectivity index (χ1n) is 39.4. The molecule has 0 spiro atoms. The molecule has 0 aromatic carbocycles. The monoisotopic (exact) mass is 1290 g/mol. The third kappa shape index (κ3) is 71.8. The van der Waals surface area contributed by atoms with Gasteiger partial charge in [-0.1, -0.05) is 317 Å². The normalized spacial score (nSPS) is 16.0. The molecule has 2 N–H and O–H groups in total. The van der Waals surface area contributed by atoms with Gasteiger partial charge in [0.05, 0.1) is 44.2 Å². The van der Waals surface area contributed by atoms with Crippen molar-refractivity contribution < 1.29 is 53.0 Å². The van der Waals surface area contributed by atoms with Gasteiger partial charge < -0.3 is 38.6 Å². The van der Waals surface area contributed by atoms with Gasteiger partial charge in [0.1, 0.15) is 6.10 Å². The molecule has 0 aromatic heterocycles. The highest BCUT2D eigenvalue weighted by Gasteiger charge is 2.37. The number of methoxy groups -OCH3 is 2. The van der Waals surface area contributed by atoms with Crippen LogP contribution in [-0.4, -0.2) is 98.8 Å². The van der Waals surface area contributed by atoms with E-state index in [0.717, 1.165) is 109 Å². The van der Waals surface area contributed by atoms with Crippen molar-refractivity contribution in [3.05, 3.63) is 25.3 Å². The zero-order valence-corrected chi connectivity index (χ0v) is 61.2. The van der Waals surface area contributed by atoms with E-state index in [-0.39, 0.29) is 30.1 Å². The summed E-state index contributed by atoms with van der Waals surface area (Å²) in [4.78, 5) is 33.4. The number of hydrogen-bond donors (Lipinski definition) is 2. The van der Waals surface area contributed by atoms with Crippen molar-refractivity contribution in [2.45, 2.75) is 437 Å². The maximum atomic E-state index is 11.6. The molecule has 2 rings (SSSR count). The number of carbonyl (C=O) groups is 3. The van der Waals surface area contributed by atoms with Crippen molar-refractivity contribution in [3.63, 3.8) is 0 Å². The molecule has 2 heterocycles. The lowest BCUT2D eigenvalue weighted by molar-refractivity contribution is -0.144. The van der Waals surface area contributed by atoms with E-state index in [9.17, 15) is 19.5 Å². The van der Waals surface area contributed by atoms with Gasteiger partial charge in [0.25, 0.3) is 0 Å². The lowest BCUT2D eigenvalue weighted by Gasteiger charge is -2.17. The highest BCUT2D eigenvalue weighted by Crippen LogP contribution is 2.33. The van der Waals surface area contributed by atoms with Crippen LogP contribution in [-0.2, 0) is 42.8 Å². The van der Waals surface area contributed by atoms with Gasteiger partial charge in [-0.2, -0.15) is 0 Å². The Bertz CT molecular complexity index is 1490. The van der Waals surface area contributed by atoms with Gasteiger partial charge in [-0.15, -0.1) is 0 Å². The lowest BCUT2D eigenvalue weighted by atomic mass is 10.0. The Labute approximate surface area is 564 Å². The first-order chi connectivity index (χ1) is 44.6. The number of carbonyl (C=O) groups excluding carboxylic acids is 3. The summed E-state index contributed by atoms with van der Waals surface area (Å²) in [5, 5.41) is 18.6. The number of rotatable bonds is 67. The van der Waals surface area contributed by atoms with Crippen LogP contribution in [0.3, 0.4) is 0 Å². The molecule has 6 atom stereocenters. The van der Waals surface area contributed by atoms with Crippen molar-refractivity contribution >= 4 is 17.9 Å². The second kappa shape index (κ2) is 75.1. The summed E-state index contributed by atoms with van der Waals surface area (Å²) in [6, 6.07) is 0. The molecule has 0 aromatic rings. The summed E-state index contributed by atoms with van der Waals surface area (Å²) >= 11 is 0. The molecule has 0 saturated carbocycles. The van der Waals surface area contributed by atoms with E-state index >= 15 is 0 Å². The number of esters is 3. The Morgan fingerprint density at radius 3 is 1.01 bits per heavy atom. The minimum Gasteiger partial charge on any atom is -0.469 e.